The van der Waals surface area contributed by atoms with Crippen molar-refractivity contribution in [1.82, 2.24) is 14.9 Å². The molecule has 1 aromatic rings. The first-order valence-electron chi connectivity index (χ1n) is 7.27. The van der Waals surface area contributed by atoms with Gasteiger partial charge in [0.2, 0.25) is 0 Å². The first kappa shape index (κ1) is 15.9. The van der Waals surface area contributed by atoms with E-state index in [9.17, 15) is 0 Å². The fraction of sp³-hybridized carbons (Fsp3) is 0.714. The summed E-state index contributed by atoms with van der Waals surface area (Å²) in [5.74, 6) is 1.73. The summed E-state index contributed by atoms with van der Waals surface area (Å²) in [6, 6.07) is 0. The number of morpholine rings is 1. The summed E-state index contributed by atoms with van der Waals surface area (Å²) in [5.41, 5.74) is 1.02. The molecule has 2 heterocycles. The molecular formula is C14H23IN4O. The number of aryl methyl sites for hydroxylation is 1. The van der Waals surface area contributed by atoms with E-state index in [1.54, 1.807) is 0 Å². The summed E-state index contributed by atoms with van der Waals surface area (Å²) < 4.78 is 6.96. The second-order valence-corrected chi connectivity index (χ2v) is 6.10. The average Bonchev–Trinajstić information content (AvgIpc) is 2.44. The molecule has 0 amide bonds. The van der Waals surface area contributed by atoms with E-state index in [1.807, 2.05) is 6.92 Å². The van der Waals surface area contributed by atoms with Gasteiger partial charge in [-0.2, -0.15) is 0 Å². The monoisotopic (exact) mass is 390 g/mol. The third-order valence-electron chi connectivity index (χ3n) is 3.36. The van der Waals surface area contributed by atoms with E-state index in [4.69, 9.17) is 4.74 Å². The Morgan fingerprint density at radius 2 is 2.20 bits per heavy atom. The van der Waals surface area contributed by atoms with Crippen LogP contribution in [0.5, 0.6) is 0 Å². The van der Waals surface area contributed by atoms with Crippen LogP contribution < -0.4 is 5.32 Å². The lowest BCUT2D eigenvalue weighted by Crippen LogP contribution is -2.39. The topological polar surface area (TPSA) is 50.3 Å². The quantitative estimate of drug-likeness (QED) is 0.784. The van der Waals surface area contributed by atoms with Crippen molar-refractivity contribution in [2.24, 2.45) is 0 Å². The summed E-state index contributed by atoms with van der Waals surface area (Å²) >= 11 is 2.29. The van der Waals surface area contributed by atoms with Crippen molar-refractivity contribution in [3.8, 4) is 0 Å². The van der Waals surface area contributed by atoms with E-state index in [1.165, 1.54) is 6.42 Å². The average molecular weight is 390 g/mol. The molecule has 112 valence electrons. The number of ether oxygens (including phenoxy) is 1. The predicted molar refractivity (Wildman–Crippen MR) is 89.1 cm³/mol. The zero-order valence-electron chi connectivity index (χ0n) is 12.4. The van der Waals surface area contributed by atoms with E-state index in [2.05, 4.69) is 56.6 Å². The Balaban J connectivity index is 2.19. The summed E-state index contributed by atoms with van der Waals surface area (Å²) in [7, 11) is 0. The van der Waals surface area contributed by atoms with Gasteiger partial charge < -0.3 is 10.1 Å². The van der Waals surface area contributed by atoms with Gasteiger partial charge in [-0.15, -0.1) is 0 Å². The molecule has 6 heteroatoms. The normalized spacial score (nSPS) is 20.1. The molecule has 0 aromatic carbocycles. The van der Waals surface area contributed by atoms with Gasteiger partial charge in [-0.3, -0.25) is 4.90 Å². The first-order chi connectivity index (χ1) is 9.65. The highest BCUT2D eigenvalue weighted by molar-refractivity contribution is 14.1. The maximum absolute atomic E-state index is 5.87. The number of rotatable bonds is 5. The zero-order valence-corrected chi connectivity index (χ0v) is 14.6. The minimum Gasteiger partial charge on any atom is -0.369 e. The molecular weight excluding hydrogens is 367 g/mol. The lowest BCUT2D eigenvalue weighted by atomic mass is 10.2. The smallest absolute Gasteiger partial charge is 0.161 e. The maximum Gasteiger partial charge on any atom is 0.161 e. The second-order valence-electron chi connectivity index (χ2n) is 5.02. The van der Waals surface area contributed by atoms with Gasteiger partial charge >= 0.3 is 0 Å². The Hall–Kier alpha value is -0.470. The summed E-state index contributed by atoms with van der Waals surface area (Å²) in [5, 5.41) is 3.30. The minimum atomic E-state index is -0.0107. The molecule has 0 bridgehead atoms. The van der Waals surface area contributed by atoms with Crippen LogP contribution in [0.3, 0.4) is 0 Å². The summed E-state index contributed by atoms with van der Waals surface area (Å²) in [6.45, 7) is 10.9. The third kappa shape index (κ3) is 3.79. The predicted octanol–water partition coefficient (Wildman–Crippen LogP) is 2.60. The molecule has 20 heavy (non-hydrogen) atoms. The molecule has 1 aliphatic rings. The van der Waals surface area contributed by atoms with Gasteiger partial charge in [0, 0.05) is 19.6 Å². The van der Waals surface area contributed by atoms with Crippen LogP contribution in [-0.4, -0.2) is 47.7 Å². The number of hydrogen-bond acceptors (Lipinski definition) is 5. The van der Waals surface area contributed by atoms with Crippen LogP contribution >= 0.6 is 22.6 Å². The molecule has 0 spiro atoms. The van der Waals surface area contributed by atoms with Crippen molar-refractivity contribution in [2.75, 3.05) is 38.1 Å². The van der Waals surface area contributed by atoms with Gasteiger partial charge in [0.15, 0.2) is 5.82 Å². The van der Waals surface area contributed by atoms with Crippen molar-refractivity contribution in [3.05, 3.63) is 15.1 Å². The van der Waals surface area contributed by atoms with Crippen LogP contribution in [0.2, 0.25) is 0 Å². The molecule has 5 nitrogen and oxygen atoms in total. The molecule has 1 saturated heterocycles. The van der Waals surface area contributed by atoms with Gasteiger partial charge in [0.05, 0.1) is 15.9 Å². The lowest BCUT2D eigenvalue weighted by Gasteiger charge is -2.32. The highest BCUT2D eigenvalue weighted by atomic mass is 127. The fourth-order valence-corrected chi connectivity index (χ4v) is 2.82. The molecule has 0 radical (unpaired) electrons. The first-order valence-corrected chi connectivity index (χ1v) is 8.35. The molecule has 2 rings (SSSR count). The van der Waals surface area contributed by atoms with Gasteiger partial charge in [0.1, 0.15) is 11.9 Å². The number of aromatic nitrogens is 2. The molecule has 1 N–H and O–H groups in total. The third-order valence-corrected chi connectivity index (χ3v) is 4.65. The minimum absolute atomic E-state index is 0.0107. The standard InChI is InChI=1S/C14H23IN4O/c1-4-6-19-7-8-20-11(9-19)13-17-10(3)12(15)14(18-13)16-5-2/h11H,4-9H2,1-3H3,(H,16,17,18). The number of anilines is 1. The van der Waals surface area contributed by atoms with Crippen LogP contribution in [0.1, 0.15) is 37.9 Å². The van der Waals surface area contributed by atoms with Crippen molar-refractivity contribution in [1.29, 1.82) is 0 Å². The van der Waals surface area contributed by atoms with E-state index >= 15 is 0 Å². The fourth-order valence-electron chi connectivity index (χ4n) is 2.39. The molecule has 1 unspecified atom stereocenters. The number of hydrogen-bond donors (Lipinski definition) is 1. The number of halogens is 1. The van der Waals surface area contributed by atoms with E-state index in [0.717, 1.165) is 53.7 Å². The lowest BCUT2D eigenvalue weighted by molar-refractivity contribution is -0.0342. The van der Waals surface area contributed by atoms with Gasteiger partial charge in [-0.25, -0.2) is 9.97 Å². The molecule has 1 fully saturated rings. The van der Waals surface area contributed by atoms with Crippen LogP contribution in [0, 0.1) is 10.5 Å². The van der Waals surface area contributed by atoms with Crippen LogP contribution in [0.4, 0.5) is 5.82 Å². The number of nitrogens with one attached hydrogen (secondary N) is 1. The highest BCUT2D eigenvalue weighted by Crippen LogP contribution is 2.24. The Kier molecular flexibility index (Phi) is 5.98. The molecule has 1 atom stereocenters. The van der Waals surface area contributed by atoms with Crippen LogP contribution in [0.15, 0.2) is 0 Å². The molecule has 0 saturated carbocycles. The summed E-state index contributed by atoms with van der Waals surface area (Å²) in [6.07, 6.45) is 1.16. The van der Waals surface area contributed by atoms with Crippen molar-refractivity contribution in [3.63, 3.8) is 0 Å². The maximum atomic E-state index is 5.87. The van der Waals surface area contributed by atoms with Crippen LogP contribution in [0.25, 0.3) is 0 Å². The molecule has 1 aromatic heterocycles. The van der Waals surface area contributed by atoms with E-state index in [0.29, 0.717) is 0 Å². The van der Waals surface area contributed by atoms with Crippen molar-refractivity contribution in [2.45, 2.75) is 33.3 Å². The van der Waals surface area contributed by atoms with Crippen molar-refractivity contribution >= 4 is 28.4 Å². The Bertz CT molecular complexity index is 453. The van der Waals surface area contributed by atoms with Gasteiger partial charge in [-0.05, 0) is 49.4 Å². The Morgan fingerprint density at radius 1 is 1.40 bits per heavy atom. The SMILES string of the molecule is CCCN1CCOC(c2nc(C)c(I)c(NCC)n2)C1. The van der Waals surface area contributed by atoms with Gasteiger partial charge in [0.25, 0.3) is 0 Å². The largest absolute Gasteiger partial charge is 0.369 e. The van der Waals surface area contributed by atoms with Crippen LogP contribution in [-0.2, 0) is 4.74 Å². The van der Waals surface area contributed by atoms with E-state index < -0.39 is 0 Å². The molecule has 0 aliphatic carbocycles. The summed E-state index contributed by atoms with van der Waals surface area (Å²) in [4.78, 5) is 11.7. The Morgan fingerprint density at radius 3 is 2.90 bits per heavy atom. The second kappa shape index (κ2) is 7.51. The molecule has 1 aliphatic heterocycles. The highest BCUT2D eigenvalue weighted by Gasteiger charge is 2.25. The zero-order chi connectivity index (χ0) is 14.5. The van der Waals surface area contributed by atoms with Crippen molar-refractivity contribution < 1.29 is 4.74 Å². The van der Waals surface area contributed by atoms with Gasteiger partial charge in [-0.1, -0.05) is 6.92 Å². The van der Waals surface area contributed by atoms with E-state index in [-0.39, 0.29) is 6.10 Å². The Labute approximate surface area is 134 Å². The number of nitrogens with zero attached hydrogens (tertiary/aromatic N) is 3.